The lowest BCUT2D eigenvalue weighted by atomic mass is 10.00. The summed E-state index contributed by atoms with van der Waals surface area (Å²) in [6, 6.07) is 7.79. The monoisotopic (exact) mass is 289 g/mol. The van der Waals surface area contributed by atoms with Crippen LogP contribution < -0.4 is 5.32 Å². The molecule has 21 heavy (non-hydrogen) atoms. The van der Waals surface area contributed by atoms with E-state index in [-0.39, 0.29) is 5.76 Å². The van der Waals surface area contributed by atoms with Gasteiger partial charge in [-0.05, 0) is 25.3 Å². The number of aromatic carboxylic acids is 1. The summed E-state index contributed by atoms with van der Waals surface area (Å²) in [5.74, 6) is -0.315. The Labute approximate surface area is 125 Å². The van der Waals surface area contributed by atoms with Gasteiger partial charge in [0, 0.05) is 23.5 Å². The second kappa shape index (κ2) is 6.76. The molecule has 0 spiro atoms. The second-order valence-corrected chi connectivity index (χ2v) is 5.74. The van der Waals surface area contributed by atoms with E-state index in [4.69, 9.17) is 4.42 Å². The van der Waals surface area contributed by atoms with Crippen molar-refractivity contribution in [3.63, 3.8) is 0 Å². The maximum absolute atomic E-state index is 11.3. The molecule has 0 aliphatic heterocycles. The van der Waals surface area contributed by atoms with E-state index in [9.17, 15) is 9.90 Å². The van der Waals surface area contributed by atoms with Crippen LogP contribution in [-0.4, -0.2) is 17.1 Å². The van der Waals surface area contributed by atoms with Crippen molar-refractivity contribution < 1.29 is 14.3 Å². The van der Waals surface area contributed by atoms with E-state index < -0.39 is 5.97 Å². The minimum Gasteiger partial charge on any atom is -0.475 e. The number of carboxylic acid groups (broad SMARTS) is 1. The van der Waals surface area contributed by atoms with E-state index in [1.54, 1.807) is 6.07 Å². The fraction of sp³-hybridized carbons (Fsp3) is 0.471. The molecule has 4 nitrogen and oxygen atoms in total. The van der Waals surface area contributed by atoms with Crippen molar-refractivity contribution in [2.75, 3.05) is 0 Å². The third-order valence-electron chi connectivity index (χ3n) is 3.97. The molecule has 2 N–H and O–H groups in total. The van der Waals surface area contributed by atoms with Crippen LogP contribution in [0.3, 0.4) is 0 Å². The third kappa shape index (κ3) is 3.64. The average molecular weight is 289 g/mol. The van der Waals surface area contributed by atoms with Crippen LogP contribution in [0, 0.1) is 5.92 Å². The molecule has 4 heteroatoms. The van der Waals surface area contributed by atoms with Gasteiger partial charge in [-0.3, -0.25) is 0 Å². The Kier molecular flexibility index (Phi) is 5.02. The highest BCUT2D eigenvalue weighted by atomic mass is 16.4. The zero-order valence-electron chi connectivity index (χ0n) is 12.8. The van der Waals surface area contributed by atoms with E-state index in [0.29, 0.717) is 24.1 Å². The molecule has 0 aliphatic rings. The van der Waals surface area contributed by atoms with Crippen molar-refractivity contribution in [3.05, 3.63) is 35.6 Å². The molecule has 0 bridgehead atoms. The van der Waals surface area contributed by atoms with Gasteiger partial charge in [0.05, 0.1) is 0 Å². The van der Waals surface area contributed by atoms with Gasteiger partial charge in [0.15, 0.2) is 0 Å². The van der Waals surface area contributed by atoms with Crippen LogP contribution in [0.1, 0.15) is 49.7 Å². The van der Waals surface area contributed by atoms with Gasteiger partial charge in [-0.25, -0.2) is 4.79 Å². The van der Waals surface area contributed by atoms with Crippen molar-refractivity contribution >= 4 is 16.9 Å². The molecule has 0 saturated carbocycles. The SMILES string of the molecule is CCC(C)CC(C)NCc1c(C(=O)O)oc2ccccc12. The Bertz CT molecular complexity index is 618. The Morgan fingerprint density at radius 1 is 1.33 bits per heavy atom. The Hall–Kier alpha value is -1.81. The van der Waals surface area contributed by atoms with Crippen molar-refractivity contribution in [2.24, 2.45) is 5.92 Å². The molecule has 2 atom stereocenters. The summed E-state index contributed by atoms with van der Waals surface area (Å²) in [5, 5.41) is 13.6. The van der Waals surface area contributed by atoms with E-state index in [0.717, 1.165) is 23.8 Å². The molecule has 1 aromatic carbocycles. The van der Waals surface area contributed by atoms with Gasteiger partial charge in [-0.1, -0.05) is 38.5 Å². The predicted molar refractivity (Wildman–Crippen MR) is 83.5 cm³/mol. The lowest BCUT2D eigenvalue weighted by Gasteiger charge is -2.17. The molecule has 0 aliphatic carbocycles. The summed E-state index contributed by atoms with van der Waals surface area (Å²) in [6.07, 6.45) is 2.23. The van der Waals surface area contributed by atoms with Crippen LogP contribution in [0.25, 0.3) is 11.0 Å². The van der Waals surface area contributed by atoms with Crippen LogP contribution in [0.2, 0.25) is 0 Å². The first-order chi connectivity index (χ1) is 10.0. The van der Waals surface area contributed by atoms with Crippen LogP contribution in [-0.2, 0) is 6.54 Å². The molecule has 2 rings (SSSR count). The Morgan fingerprint density at radius 3 is 2.71 bits per heavy atom. The standard InChI is InChI=1S/C17H23NO3/c1-4-11(2)9-12(3)18-10-14-13-7-5-6-8-15(13)21-16(14)17(19)20/h5-8,11-12,18H,4,9-10H2,1-3H3,(H,19,20). The lowest BCUT2D eigenvalue weighted by Crippen LogP contribution is -2.27. The molecular weight excluding hydrogens is 266 g/mol. The minimum atomic E-state index is -1.02. The van der Waals surface area contributed by atoms with Gasteiger partial charge >= 0.3 is 5.97 Å². The topological polar surface area (TPSA) is 62.5 Å². The molecule has 2 aromatic rings. The molecule has 1 heterocycles. The number of carboxylic acids is 1. The highest BCUT2D eigenvalue weighted by Gasteiger charge is 2.20. The first-order valence-corrected chi connectivity index (χ1v) is 7.50. The highest BCUT2D eigenvalue weighted by molar-refractivity contribution is 5.95. The molecule has 0 saturated heterocycles. The normalized spacial score (nSPS) is 14.2. The largest absolute Gasteiger partial charge is 0.475 e. The van der Waals surface area contributed by atoms with Gasteiger partial charge in [0.1, 0.15) is 5.58 Å². The highest BCUT2D eigenvalue weighted by Crippen LogP contribution is 2.26. The molecule has 0 radical (unpaired) electrons. The summed E-state index contributed by atoms with van der Waals surface area (Å²) >= 11 is 0. The first-order valence-electron chi connectivity index (χ1n) is 7.50. The van der Waals surface area contributed by atoms with Crippen molar-refractivity contribution in [3.8, 4) is 0 Å². The molecule has 2 unspecified atom stereocenters. The second-order valence-electron chi connectivity index (χ2n) is 5.74. The number of carbonyl (C=O) groups is 1. The van der Waals surface area contributed by atoms with Gasteiger partial charge < -0.3 is 14.8 Å². The number of hydrogen-bond acceptors (Lipinski definition) is 3. The van der Waals surface area contributed by atoms with Gasteiger partial charge in [0.25, 0.3) is 0 Å². The number of rotatable bonds is 7. The number of hydrogen-bond donors (Lipinski definition) is 2. The van der Waals surface area contributed by atoms with E-state index in [2.05, 4.69) is 26.1 Å². The fourth-order valence-corrected chi connectivity index (χ4v) is 2.58. The van der Waals surface area contributed by atoms with E-state index >= 15 is 0 Å². The van der Waals surface area contributed by atoms with Crippen LogP contribution in [0.15, 0.2) is 28.7 Å². The first kappa shape index (κ1) is 15.6. The number of furan rings is 1. The van der Waals surface area contributed by atoms with E-state index in [1.807, 2.05) is 18.2 Å². The minimum absolute atomic E-state index is 0.0411. The third-order valence-corrected chi connectivity index (χ3v) is 3.97. The van der Waals surface area contributed by atoms with Crippen LogP contribution >= 0.6 is 0 Å². The van der Waals surface area contributed by atoms with Crippen LogP contribution in [0.5, 0.6) is 0 Å². The summed E-state index contributed by atoms with van der Waals surface area (Å²) in [4.78, 5) is 11.3. The molecular formula is C17H23NO3. The summed E-state index contributed by atoms with van der Waals surface area (Å²) in [6.45, 7) is 7.06. The smallest absolute Gasteiger partial charge is 0.372 e. The van der Waals surface area contributed by atoms with Crippen molar-refractivity contribution in [2.45, 2.75) is 46.2 Å². The summed E-state index contributed by atoms with van der Waals surface area (Å²) in [7, 11) is 0. The number of fused-ring (bicyclic) bond motifs is 1. The number of nitrogens with one attached hydrogen (secondary N) is 1. The Balaban J connectivity index is 2.17. The molecule has 0 fully saturated rings. The molecule has 0 amide bonds. The van der Waals surface area contributed by atoms with Gasteiger partial charge in [-0.15, -0.1) is 0 Å². The Morgan fingerprint density at radius 2 is 2.05 bits per heavy atom. The molecule has 114 valence electrons. The maximum Gasteiger partial charge on any atom is 0.372 e. The van der Waals surface area contributed by atoms with Gasteiger partial charge in [-0.2, -0.15) is 0 Å². The lowest BCUT2D eigenvalue weighted by molar-refractivity contribution is 0.0663. The summed E-state index contributed by atoms with van der Waals surface area (Å²) < 4.78 is 5.46. The number of benzene rings is 1. The zero-order chi connectivity index (χ0) is 15.4. The predicted octanol–water partition coefficient (Wildman–Crippen LogP) is 4.05. The van der Waals surface area contributed by atoms with Gasteiger partial charge in [0.2, 0.25) is 5.76 Å². The number of para-hydroxylation sites is 1. The average Bonchev–Trinajstić information content (AvgIpc) is 2.84. The fourth-order valence-electron chi connectivity index (χ4n) is 2.58. The van der Waals surface area contributed by atoms with E-state index in [1.165, 1.54) is 0 Å². The van der Waals surface area contributed by atoms with Crippen molar-refractivity contribution in [1.82, 2.24) is 5.32 Å². The molecule has 1 aromatic heterocycles. The summed E-state index contributed by atoms with van der Waals surface area (Å²) in [5.41, 5.74) is 1.36. The zero-order valence-corrected chi connectivity index (χ0v) is 12.8. The maximum atomic E-state index is 11.3. The van der Waals surface area contributed by atoms with Crippen LogP contribution in [0.4, 0.5) is 0 Å². The quantitative estimate of drug-likeness (QED) is 0.807. The van der Waals surface area contributed by atoms with Crippen molar-refractivity contribution in [1.29, 1.82) is 0 Å².